The van der Waals surface area contributed by atoms with Gasteiger partial charge in [0.2, 0.25) is 0 Å². The first-order valence-electron chi connectivity index (χ1n) is 7.68. The van der Waals surface area contributed by atoms with Crippen LogP contribution in [0.3, 0.4) is 0 Å². The van der Waals surface area contributed by atoms with E-state index < -0.39 is 11.6 Å². The van der Waals surface area contributed by atoms with Crippen LogP contribution in [-0.4, -0.2) is 18.2 Å². The van der Waals surface area contributed by atoms with Gasteiger partial charge < -0.3 is 4.74 Å². The Bertz CT molecular complexity index is 824. The number of ketones is 2. The molecule has 3 rings (SSSR count). The van der Waals surface area contributed by atoms with Crippen LogP contribution in [0.5, 0.6) is 0 Å². The van der Waals surface area contributed by atoms with E-state index in [-0.39, 0.29) is 28.8 Å². The Morgan fingerprint density at radius 2 is 1.56 bits per heavy atom. The van der Waals surface area contributed by atoms with Crippen molar-refractivity contribution >= 4 is 17.6 Å². The van der Waals surface area contributed by atoms with Gasteiger partial charge in [0.05, 0.1) is 17.7 Å². The minimum Gasteiger partial charge on any atom is -0.368 e. The van der Waals surface area contributed by atoms with Gasteiger partial charge in [-0.15, -0.1) is 0 Å². The molecule has 0 spiro atoms. The molecule has 5 heteroatoms. The SMILES string of the molecule is C=Cc1ccc(C(C)=O)c(F)c1.CC(=O)c1ccc(C2CO2)cc1F. The van der Waals surface area contributed by atoms with Gasteiger partial charge in [-0.25, -0.2) is 8.78 Å². The average Bonchev–Trinajstić information content (AvgIpc) is 3.39. The second-order valence-corrected chi connectivity index (χ2v) is 5.62. The summed E-state index contributed by atoms with van der Waals surface area (Å²) >= 11 is 0. The van der Waals surface area contributed by atoms with Gasteiger partial charge in [-0.3, -0.25) is 9.59 Å². The van der Waals surface area contributed by atoms with Gasteiger partial charge in [0.25, 0.3) is 0 Å². The van der Waals surface area contributed by atoms with Crippen molar-refractivity contribution in [2.45, 2.75) is 20.0 Å². The van der Waals surface area contributed by atoms with Gasteiger partial charge in [-0.1, -0.05) is 24.8 Å². The van der Waals surface area contributed by atoms with E-state index in [1.54, 1.807) is 12.1 Å². The van der Waals surface area contributed by atoms with Gasteiger partial charge in [-0.05, 0) is 49.2 Å². The molecule has 2 aromatic carbocycles. The zero-order chi connectivity index (χ0) is 18.6. The number of rotatable bonds is 4. The normalized spacial score (nSPS) is 15.0. The van der Waals surface area contributed by atoms with E-state index in [2.05, 4.69) is 6.58 Å². The van der Waals surface area contributed by atoms with E-state index in [1.165, 1.54) is 44.2 Å². The summed E-state index contributed by atoms with van der Waals surface area (Å²) < 4.78 is 31.2. The third kappa shape index (κ3) is 4.90. The highest BCUT2D eigenvalue weighted by molar-refractivity contribution is 5.94. The van der Waals surface area contributed by atoms with Crippen molar-refractivity contribution in [3.63, 3.8) is 0 Å². The number of epoxide rings is 1. The quantitative estimate of drug-likeness (QED) is 0.593. The maximum Gasteiger partial charge on any atom is 0.162 e. The van der Waals surface area contributed by atoms with E-state index in [0.29, 0.717) is 12.2 Å². The minimum absolute atomic E-state index is 0.0375. The second kappa shape index (κ2) is 7.94. The minimum atomic E-state index is -0.486. The zero-order valence-electron chi connectivity index (χ0n) is 14.0. The van der Waals surface area contributed by atoms with Gasteiger partial charge in [0, 0.05) is 0 Å². The molecule has 1 fully saturated rings. The molecular weight excluding hydrogens is 326 g/mol. The van der Waals surface area contributed by atoms with E-state index in [0.717, 1.165) is 5.56 Å². The van der Waals surface area contributed by atoms with Crippen LogP contribution < -0.4 is 0 Å². The molecule has 130 valence electrons. The molecule has 1 atom stereocenters. The third-order valence-electron chi connectivity index (χ3n) is 3.69. The highest BCUT2D eigenvalue weighted by Gasteiger charge is 2.25. The van der Waals surface area contributed by atoms with Crippen LogP contribution in [0.4, 0.5) is 8.78 Å². The van der Waals surface area contributed by atoms with Crippen LogP contribution in [0, 0.1) is 11.6 Å². The maximum absolute atomic E-state index is 13.2. The fourth-order valence-electron chi connectivity index (χ4n) is 2.20. The Morgan fingerprint density at radius 1 is 1.04 bits per heavy atom. The molecule has 1 aliphatic heterocycles. The Kier molecular flexibility index (Phi) is 5.93. The van der Waals surface area contributed by atoms with E-state index in [1.807, 2.05) is 0 Å². The van der Waals surface area contributed by atoms with Gasteiger partial charge in [-0.2, -0.15) is 0 Å². The molecule has 2 aromatic rings. The lowest BCUT2D eigenvalue weighted by atomic mass is 10.1. The number of halogens is 2. The summed E-state index contributed by atoms with van der Waals surface area (Å²) in [7, 11) is 0. The fraction of sp³-hybridized carbons (Fsp3) is 0.200. The Morgan fingerprint density at radius 3 is 1.96 bits per heavy atom. The summed E-state index contributed by atoms with van der Waals surface area (Å²) in [4.78, 5) is 21.7. The van der Waals surface area contributed by atoms with Crippen LogP contribution in [0.15, 0.2) is 43.0 Å². The Hall–Kier alpha value is -2.66. The summed E-state index contributed by atoms with van der Waals surface area (Å²) in [6.45, 7) is 6.84. The zero-order valence-corrected chi connectivity index (χ0v) is 14.0. The number of benzene rings is 2. The smallest absolute Gasteiger partial charge is 0.162 e. The lowest BCUT2D eigenvalue weighted by molar-refractivity contribution is 0.100. The summed E-state index contributed by atoms with van der Waals surface area (Å²) in [6.07, 6.45) is 1.57. The molecular formula is C20H18F2O3. The van der Waals surface area contributed by atoms with E-state index in [4.69, 9.17) is 4.74 Å². The van der Waals surface area contributed by atoms with Crippen molar-refractivity contribution in [1.29, 1.82) is 0 Å². The first-order chi connectivity index (χ1) is 11.8. The summed E-state index contributed by atoms with van der Waals surface area (Å²) in [6, 6.07) is 9.03. The van der Waals surface area contributed by atoms with Crippen molar-refractivity contribution in [1.82, 2.24) is 0 Å². The largest absolute Gasteiger partial charge is 0.368 e. The topological polar surface area (TPSA) is 46.7 Å². The first kappa shape index (κ1) is 18.7. The molecule has 0 amide bonds. The van der Waals surface area contributed by atoms with Crippen LogP contribution in [-0.2, 0) is 4.74 Å². The lowest BCUT2D eigenvalue weighted by Gasteiger charge is -2.00. The molecule has 1 aliphatic rings. The van der Waals surface area contributed by atoms with Gasteiger partial charge in [0.15, 0.2) is 11.6 Å². The Labute approximate surface area is 144 Å². The number of hydrogen-bond acceptors (Lipinski definition) is 3. The molecule has 1 unspecified atom stereocenters. The number of ether oxygens (including phenoxy) is 1. The maximum atomic E-state index is 13.2. The van der Waals surface area contributed by atoms with Gasteiger partial charge >= 0.3 is 0 Å². The highest BCUT2D eigenvalue weighted by Crippen LogP contribution is 2.30. The van der Waals surface area contributed by atoms with Crippen molar-refractivity contribution in [2.75, 3.05) is 6.61 Å². The lowest BCUT2D eigenvalue weighted by Crippen LogP contribution is -1.97. The van der Waals surface area contributed by atoms with Crippen LogP contribution in [0.1, 0.15) is 51.8 Å². The average molecular weight is 344 g/mol. The molecule has 1 saturated heterocycles. The number of Topliss-reactive ketones (excluding diaryl/α,β-unsaturated/α-hetero) is 2. The molecule has 0 N–H and O–H groups in total. The predicted molar refractivity (Wildman–Crippen MR) is 91.6 cm³/mol. The van der Waals surface area contributed by atoms with Crippen molar-refractivity contribution in [2.24, 2.45) is 0 Å². The third-order valence-corrected chi connectivity index (χ3v) is 3.69. The molecule has 0 aliphatic carbocycles. The van der Waals surface area contributed by atoms with Crippen molar-refractivity contribution in [3.05, 3.63) is 76.9 Å². The number of carbonyl (C=O) groups excluding carboxylic acids is 2. The summed E-state index contributed by atoms with van der Waals surface area (Å²) in [5.74, 6) is -1.45. The highest BCUT2D eigenvalue weighted by atomic mass is 19.1. The molecule has 1 heterocycles. The van der Waals surface area contributed by atoms with Crippen LogP contribution in [0.25, 0.3) is 6.08 Å². The molecule has 0 aromatic heterocycles. The van der Waals surface area contributed by atoms with E-state index >= 15 is 0 Å². The van der Waals surface area contributed by atoms with Gasteiger partial charge in [0.1, 0.15) is 17.7 Å². The summed E-state index contributed by atoms with van der Waals surface area (Å²) in [5.41, 5.74) is 1.75. The number of carbonyl (C=O) groups is 2. The molecule has 0 bridgehead atoms. The number of hydrogen-bond donors (Lipinski definition) is 0. The predicted octanol–water partition coefficient (Wildman–Crippen LogP) is 4.77. The van der Waals surface area contributed by atoms with Crippen molar-refractivity contribution < 1.29 is 23.1 Å². The standard InChI is InChI=1S/C10H9FO2.C10H9FO/c1-6(12)8-3-2-7(4-9(8)11)10-5-13-10;1-3-8-4-5-9(7(2)12)10(11)6-8/h2-4,10H,5H2,1H3;3-6H,1H2,2H3. The molecule has 3 nitrogen and oxygen atoms in total. The van der Waals surface area contributed by atoms with Crippen LogP contribution >= 0.6 is 0 Å². The molecule has 0 radical (unpaired) electrons. The summed E-state index contributed by atoms with van der Waals surface area (Å²) in [5, 5.41) is 0. The van der Waals surface area contributed by atoms with Crippen LogP contribution in [0.2, 0.25) is 0 Å². The molecule has 25 heavy (non-hydrogen) atoms. The second-order valence-electron chi connectivity index (χ2n) is 5.62. The fourth-order valence-corrected chi connectivity index (χ4v) is 2.20. The van der Waals surface area contributed by atoms with Crippen molar-refractivity contribution in [3.8, 4) is 0 Å². The molecule has 0 saturated carbocycles. The monoisotopic (exact) mass is 344 g/mol. The Balaban J connectivity index is 0.000000181. The first-order valence-corrected chi connectivity index (χ1v) is 7.68. The van der Waals surface area contributed by atoms with E-state index in [9.17, 15) is 18.4 Å².